The summed E-state index contributed by atoms with van der Waals surface area (Å²) in [6.07, 6.45) is 1.70. The second-order valence-electron chi connectivity index (χ2n) is 6.66. The van der Waals surface area contributed by atoms with Crippen molar-refractivity contribution in [1.82, 2.24) is 9.80 Å². The summed E-state index contributed by atoms with van der Waals surface area (Å²) >= 11 is 0. The Balaban J connectivity index is 1.89. The minimum Gasteiger partial charge on any atom is -0.459 e. The molecule has 6 heteroatoms. The number of carbonyl (C=O) groups excluding carboxylic acids is 2. The number of rotatable bonds is 3. The molecular formula is C15H26N2O4. The third-order valence-electron chi connectivity index (χ3n) is 3.74. The average molecular weight is 298 g/mol. The van der Waals surface area contributed by atoms with Gasteiger partial charge in [0.1, 0.15) is 11.6 Å². The van der Waals surface area contributed by atoms with E-state index in [4.69, 9.17) is 9.47 Å². The number of nitrogens with zero attached hydrogens (tertiary/aromatic N) is 2. The maximum atomic E-state index is 12.3. The van der Waals surface area contributed by atoms with Crippen LogP contribution >= 0.6 is 0 Å². The van der Waals surface area contributed by atoms with Gasteiger partial charge in [0.15, 0.2) is 0 Å². The zero-order chi connectivity index (χ0) is 15.5. The number of hydrogen-bond donors (Lipinski definition) is 0. The molecule has 0 aromatic carbocycles. The second kappa shape index (κ2) is 6.75. The van der Waals surface area contributed by atoms with Gasteiger partial charge < -0.3 is 14.4 Å². The monoisotopic (exact) mass is 298 g/mol. The van der Waals surface area contributed by atoms with Crippen LogP contribution in [0.3, 0.4) is 0 Å². The molecule has 2 rings (SSSR count). The van der Waals surface area contributed by atoms with Crippen LogP contribution in [-0.2, 0) is 19.1 Å². The average Bonchev–Trinajstić information content (AvgIpc) is 2.86. The highest BCUT2D eigenvalue weighted by Crippen LogP contribution is 2.21. The molecule has 0 radical (unpaired) electrons. The first-order valence-corrected chi connectivity index (χ1v) is 7.69. The molecule has 2 heterocycles. The number of ether oxygens (including phenoxy) is 2. The van der Waals surface area contributed by atoms with Crippen molar-refractivity contribution in [2.75, 3.05) is 39.4 Å². The van der Waals surface area contributed by atoms with Gasteiger partial charge in [0.05, 0.1) is 19.8 Å². The Hall–Kier alpha value is -1.14. The number of carbonyl (C=O) groups is 2. The smallest absolute Gasteiger partial charge is 0.323 e. The molecular weight excluding hydrogens is 272 g/mol. The van der Waals surface area contributed by atoms with Gasteiger partial charge in [-0.2, -0.15) is 0 Å². The highest BCUT2D eigenvalue weighted by molar-refractivity contribution is 5.81. The number of likely N-dealkylation sites (tertiary alicyclic amines) is 1. The first-order chi connectivity index (χ1) is 9.87. The third kappa shape index (κ3) is 4.68. The van der Waals surface area contributed by atoms with E-state index in [2.05, 4.69) is 0 Å². The lowest BCUT2D eigenvalue weighted by molar-refractivity contribution is -0.160. The molecule has 0 spiro atoms. The molecule has 0 saturated carbocycles. The SMILES string of the molecule is CC(C)(C)OC(=O)[C@H]1CCCN1CC(=O)N1CCOCC1. The normalized spacial score (nSPS) is 24.1. The van der Waals surface area contributed by atoms with Crippen LogP contribution in [0.4, 0.5) is 0 Å². The van der Waals surface area contributed by atoms with Crippen molar-refractivity contribution in [2.45, 2.75) is 45.3 Å². The molecule has 21 heavy (non-hydrogen) atoms. The molecule has 1 atom stereocenters. The molecule has 1 amide bonds. The van der Waals surface area contributed by atoms with E-state index in [1.165, 1.54) is 0 Å². The Morgan fingerprint density at radius 2 is 1.86 bits per heavy atom. The fraction of sp³-hybridized carbons (Fsp3) is 0.867. The van der Waals surface area contributed by atoms with E-state index in [1.54, 1.807) is 0 Å². The minimum absolute atomic E-state index is 0.0776. The molecule has 0 N–H and O–H groups in total. The molecule has 2 aliphatic heterocycles. The van der Waals surface area contributed by atoms with Crippen molar-refractivity contribution in [3.8, 4) is 0 Å². The van der Waals surface area contributed by atoms with Gasteiger partial charge in [0.2, 0.25) is 5.91 Å². The topological polar surface area (TPSA) is 59.1 Å². The van der Waals surface area contributed by atoms with Gasteiger partial charge in [-0.25, -0.2) is 0 Å². The van der Waals surface area contributed by atoms with Crippen LogP contribution in [0.25, 0.3) is 0 Å². The van der Waals surface area contributed by atoms with Crippen LogP contribution < -0.4 is 0 Å². The summed E-state index contributed by atoms with van der Waals surface area (Å²) in [6, 6.07) is -0.283. The molecule has 0 aromatic rings. The largest absolute Gasteiger partial charge is 0.459 e. The number of morpholine rings is 1. The molecule has 0 aromatic heterocycles. The molecule has 0 bridgehead atoms. The zero-order valence-corrected chi connectivity index (χ0v) is 13.3. The fourth-order valence-corrected chi connectivity index (χ4v) is 2.74. The molecule has 0 aliphatic carbocycles. The summed E-state index contributed by atoms with van der Waals surface area (Å²) in [5, 5.41) is 0. The Bertz CT molecular complexity index is 386. The minimum atomic E-state index is -0.487. The van der Waals surface area contributed by atoms with Crippen LogP contribution in [0, 0.1) is 0 Å². The Morgan fingerprint density at radius 3 is 2.48 bits per heavy atom. The maximum absolute atomic E-state index is 12.3. The molecule has 120 valence electrons. The van der Waals surface area contributed by atoms with E-state index in [-0.39, 0.29) is 17.9 Å². The Kier molecular flexibility index (Phi) is 5.22. The summed E-state index contributed by atoms with van der Waals surface area (Å²) in [4.78, 5) is 28.3. The van der Waals surface area contributed by atoms with Crippen molar-refractivity contribution in [2.24, 2.45) is 0 Å². The van der Waals surface area contributed by atoms with Gasteiger partial charge in [0.25, 0.3) is 0 Å². The molecule has 2 fully saturated rings. The van der Waals surface area contributed by atoms with Gasteiger partial charge in [-0.1, -0.05) is 0 Å². The van der Waals surface area contributed by atoms with Crippen molar-refractivity contribution >= 4 is 11.9 Å². The van der Waals surface area contributed by atoms with Gasteiger partial charge in [-0.3, -0.25) is 14.5 Å². The predicted octanol–water partition coefficient (Wildman–Crippen LogP) is 0.651. The second-order valence-corrected chi connectivity index (χ2v) is 6.66. The van der Waals surface area contributed by atoms with Crippen molar-refractivity contribution < 1.29 is 19.1 Å². The van der Waals surface area contributed by atoms with Crippen molar-refractivity contribution in [3.05, 3.63) is 0 Å². The summed E-state index contributed by atoms with van der Waals surface area (Å²) in [6.45, 7) is 9.15. The van der Waals surface area contributed by atoms with Crippen LogP contribution in [0.1, 0.15) is 33.6 Å². The summed E-state index contributed by atoms with van der Waals surface area (Å²) < 4.78 is 10.7. The summed E-state index contributed by atoms with van der Waals surface area (Å²) in [7, 11) is 0. The zero-order valence-electron chi connectivity index (χ0n) is 13.3. The highest BCUT2D eigenvalue weighted by Gasteiger charge is 2.35. The lowest BCUT2D eigenvalue weighted by Crippen LogP contribution is -2.48. The Labute approximate surface area is 126 Å². The first-order valence-electron chi connectivity index (χ1n) is 7.69. The van der Waals surface area contributed by atoms with Gasteiger partial charge in [0, 0.05) is 13.1 Å². The van der Waals surface area contributed by atoms with Crippen LogP contribution in [0.15, 0.2) is 0 Å². The summed E-state index contributed by atoms with van der Waals surface area (Å²) in [5.74, 6) is -0.136. The standard InChI is InChI=1S/C15H26N2O4/c1-15(2,3)21-14(19)12-5-4-6-17(12)11-13(18)16-7-9-20-10-8-16/h12H,4-11H2,1-3H3/t12-/m1/s1. The summed E-state index contributed by atoms with van der Waals surface area (Å²) in [5.41, 5.74) is -0.487. The van der Waals surface area contributed by atoms with E-state index in [0.29, 0.717) is 32.8 Å². The Morgan fingerprint density at radius 1 is 1.19 bits per heavy atom. The van der Waals surface area contributed by atoms with E-state index < -0.39 is 5.60 Å². The molecule has 2 saturated heterocycles. The van der Waals surface area contributed by atoms with Crippen LogP contribution in [0.2, 0.25) is 0 Å². The van der Waals surface area contributed by atoms with Crippen LogP contribution in [-0.4, -0.2) is 72.7 Å². The molecule has 6 nitrogen and oxygen atoms in total. The number of amides is 1. The van der Waals surface area contributed by atoms with Gasteiger partial charge >= 0.3 is 5.97 Å². The van der Waals surface area contributed by atoms with E-state index in [1.807, 2.05) is 30.6 Å². The van der Waals surface area contributed by atoms with Crippen LogP contribution in [0.5, 0.6) is 0 Å². The van der Waals surface area contributed by atoms with E-state index in [0.717, 1.165) is 19.4 Å². The van der Waals surface area contributed by atoms with Gasteiger partial charge in [-0.05, 0) is 40.2 Å². The van der Waals surface area contributed by atoms with Crippen molar-refractivity contribution in [1.29, 1.82) is 0 Å². The number of hydrogen-bond acceptors (Lipinski definition) is 5. The number of esters is 1. The molecule has 0 unspecified atom stereocenters. The third-order valence-corrected chi connectivity index (χ3v) is 3.74. The maximum Gasteiger partial charge on any atom is 0.323 e. The van der Waals surface area contributed by atoms with E-state index >= 15 is 0 Å². The van der Waals surface area contributed by atoms with Gasteiger partial charge in [-0.15, -0.1) is 0 Å². The fourth-order valence-electron chi connectivity index (χ4n) is 2.74. The molecule has 2 aliphatic rings. The van der Waals surface area contributed by atoms with Crippen molar-refractivity contribution in [3.63, 3.8) is 0 Å². The first kappa shape index (κ1) is 16.2. The lowest BCUT2D eigenvalue weighted by atomic mass is 10.1. The quantitative estimate of drug-likeness (QED) is 0.716. The highest BCUT2D eigenvalue weighted by atomic mass is 16.6. The predicted molar refractivity (Wildman–Crippen MR) is 77.8 cm³/mol. The van der Waals surface area contributed by atoms with E-state index in [9.17, 15) is 9.59 Å². The lowest BCUT2D eigenvalue weighted by Gasteiger charge is -2.31.